The van der Waals surface area contributed by atoms with Gasteiger partial charge in [-0.3, -0.25) is 14.6 Å². The molecule has 3 heterocycles. The van der Waals surface area contributed by atoms with Gasteiger partial charge < -0.3 is 20.3 Å². The first-order valence-corrected chi connectivity index (χ1v) is 14.0. The highest BCUT2D eigenvalue weighted by Gasteiger charge is 2.56. The van der Waals surface area contributed by atoms with Crippen LogP contribution in [0.15, 0.2) is 72.9 Å². The number of hydrogen-bond donors (Lipinski definition) is 2. The second-order valence-corrected chi connectivity index (χ2v) is 11.4. The van der Waals surface area contributed by atoms with Gasteiger partial charge in [-0.2, -0.15) is 0 Å². The Morgan fingerprint density at radius 3 is 2.44 bits per heavy atom. The van der Waals surface area contributed by atoms with E-state index in [-0.39, 0.29) is 11.8 Å². The topological polar surface area (TPSA) is 83.6 Å². The molecule has 1 saturated carbocycles. The van der Waals surface area contributed by atoms with E-state index in [0.29, 0.717) is 30.0 Å². The third-order valence-corrected chi connectivity index (χ3v) is 8.62. The van der Waals surface area contributed by atoms with Gasteiger partial charge in [-0.05, 0) is 80.8 Å². The maximum atomic E-state index is 13.1. The summed E-state index contributed by atoms with van der Waals surface area (Å²) in [5.41, 5.74) is 3.47. The number of pyridine rings is 1. The Morgan fingerprint density at radius 2 is 1.74 bits per heavy atom. The largest absolute Gasteiger partial charge is 0.455 e. The number of hydrogen-bond acceptors (Lipinski definition) is 6. The zero-order valence-corrected chi connectivity index (χ0v) is 22.8. The van der Waals surface area contributed by atoms with E-state index < -0.39 is 5.41 Å². The van der Waals surface area contributed by atoms with Crippen molar-refractivity contribution in [1.82, 2.24) is 9.88 Å². The van der Waals surface area contributed by atoms with Gasteiger partial charge in [0.1, 0.15) is 16.9 Å². The van der Waals surface area contributed by atoms with E-state index in [1.54, 1.807) is 17.5 Å². The van der Waals surface area contributed by atoms with Gasteiger partial charge in [-0.25, -0.2) is 0 Å². The van der Waals surface area contributed by atoms with E-state index in [2.05, 4.69) is 39.7 Å². The monoisotopic (exact) mass is 538 g/mol. The molecule has 0 spiro atoms. The minimum atomic E-state index is -1.03. The molecular formula is C31H30N4O3S. The lowest BCUT2D eigenvalue weighted by Crippen LogP contribution is -2.35. The molecule has 4 aromatic rings. The number of benzene rings is 2. The van der Waals surface area contributed by atoms with Crippen LogP contribution in [-0.2, 0) is 9.59 Å². The highest BCUT2D eigenvalue weighted by molar-refractivity contribution is 7.20. The quantitative estimate of drug-likeness (QED) is 0.263. The molecule has 39 heavy (non-hydrogen) atoms. The van der Waals surface area contributed by atoms with E-state index in [0.717, 1.165) is 41.0 Å². The molecule has 2 N–H and O–H groups in total. The number of thiophene rings is 1. The van der Waals surface area contributed by atoms with Gasteiger partial charge >= 0.3 is 0 Å². The summed E-state index contributed by atoms with van der Waals surface area (Å²) in [6, 6.07) is 18.8. The van der Waals surface area contributed by atoms with Crippen molar-refractivity contribution in [2.45, 2.75) is 26.2 Å². The summed E-state index contributed by atoms with van der Waals surface area (Å²) < 4.78 is 7.37. The van der Waals surface area contributed by atoms with Gasteiger partial charge in [-0.15, -0.1) is 11.3 Å². The summed E-state index contributed by atoms with van der Waals surface area (Å²) in [5, 5.41) is 5.81. The maximum Gasteiger partial charge on any atom is 0.240 e. The van der Waals surface area contributed by atoms with Crippen molar-refractivity contribution in [1.29, 1.82) is 0 Å². The van der Waals surface area contributed by atoms with Crippen LogP contribution in [0.3, 0.4) is 0 Å². The van der Waals surface area contributed by atoms with Gasteiger partial charge in [0.2, 0.25) is 11.8 Å². The Bertz CT molecular complexity index is 1590. The molecule has 0 unspecified atom stereocenters. The molecule has 2 aliphatic rings. The lowest BCUT2D eigenvalue weighted by atomic mass is 10.0. The molecule has 0 saturated heterocycles. The Balaban J connectivity index is 1.16. The van der Waals surface area contributed by atoms with Crippen LogP contribution in [0.4, 0.5) is 11.4 Å². The first kappa shape index (κ1) is 25.3. The van der Waals surface area contributed by atoms with E-state index in [1.165, 1.54) is 10.5 Å². The predicted octanol–water partition coefficient (Wildman–Crippen LogP) is 6.47. The number of nitrogens with one attached hydrogen (secondary N) is 2. The molecule has 1 fully saturated rings. The molecule has 0 bridgehead atoms. The number of anilines is 2. The zero-order valence-electron chi connectivity index (χ0n) is 22.0. The minimum absolute atomic E-state index is 0.268. The molecule has 2 aromatic carbocycles. The number of fused-ring (bicyclic) bond motifs is 1. The molecule has 0 radical (unpaired) electrons. The molecule has 8 heteroatoms. The summed E-state index contributed by atoms with van der Waals surface area (Å²) in [6.07, 6.45) is 6.17. The van der Waals surface area contributed by atoms with E-state index in [4.69, 9.17) is 4.74 Å². The molecular weight excluding hydrogens is 508 g/mol. The highest BCUT2D eigenvalue weighted by Crippen LogP contribution is 2.48. The van der Waals surface area contributed by atoms with Crippen LogP contribution in [0.1, 0.15) is 29.7 Å². The number of amides is 2. The number of likely N-dealkylation sites (N-methyl/N-ethyl adjacent to an activating group) is 1. The molecule has 0 atom stereocenters. The summed E-state index contributed by atoms with van der Waals surface area (Å²) in [4.78, 5) is 34.1. The first-order chi connectivity index (χ1) is 18.9. The Hall–Kier alpha value is -4.01. The van der Waals surface area contributed by atoms with Gasteiger partial charge in [0.25, 0.3) is 0 Å². The van der Waals surface area contributed by atoms with Crippen LogP contribution in [0.5, 0.6) is 11.5 Å². The average molecular weight is 539 g/mol. The predicted molar refractivity (Wildman–Crippen MR) is 156 cm³/mol. The van der Waals surface area contributed by atoms with Gasteiger partial charge in [0.15, 0.2) is 0 Å². The number of aromatic nitrogens is 1. The standard InChI is InChI=1S/C31H30N4O3S/c1-20-18-23(34-30(37)31(13-14-31)29(36)33-22-6-4-3-5-7-22)8-9-25(20)38-26-10-15-32-24-19-27(39-28(24)26)21-11-16-35(2)17-12-21/h3-11,15,18-19H,12-14,16-17H2,1-2H3,(H,33,36)(H,34,37). The van der Waals surface area contributed by atoms with Crippen molar-refractivity contribution >= 4 is 50.3 Å². The molecule has 2 amide bonds. The molecule has 7 nitrogen and oxygen atoms in total. The lowest BCUT2D eigenvalue weighted by molar-refractivity contribution is -0.131. The van der Waals surface area contributed by atoms with Crippen molar-refractivity contribution in [2.24, 2.45) is 5.41 Å². The van der Waals surface area contributed by atoms with Crippen molar-refractivity contribution in [3.63, 3.8) is 0 Å². The van der Waals surface area contributed by atoms with Gasteiger partial charge in [0, 0.05) is 41.6 Å². The Morgan fingerprint density at radius 1 is 0.974 bits per heavy atom. The number of carbonyl (C=O) groups excluding carboxylic acids is 2. The molecule has 198 valence electrons. The van der Waals surface area contributed by atoms with Crippen molar-refractivity contribution in [3.8, 4) is 11.5 Å². The number of carbonyl (C=O) groups is 2. The maximum absolute atomic E-state index is 13.1. The number of nitrogens with zero attached hydrogens (tertiary/aromatic N) is 2. The number of para-hydroxylation sites is 1. The fourth-order valence-corrected chi connectivity index (χ4v) is 5.95. The SMILES string of the molecule is Cc1cc(NC(=O)C2(C(=O)Nc3ccccc3)CC2)ccc1Oc1ccnc2cc(C3=CCN(C)CC3)sc12. The third kappa shape index (κ3) is 5.17. The molecule has 1 aliphatic heterocycles. The van der Waals surface area contributed by atoms with Crippen LogP contribution in [0.25, 0.3) is 15.8 Å². The molecule has 1 aliphatic carbocycles. The summed E-state index contributed by atoms with van der Waals surface area (Å²) >= 11 is 1.71. The van der Waals surface area contributed by atoms with E-state index in [1.807, 2.05) is 61.5 Å². The fourth-order valence-electron chi connectivity index (χ4n) is 4.81. The normalized spacial score (nSPS) is 16.4. The van der Waals surface area contributed by atoms with Crippen LogP contribution >= 0.6 is 11.3 Å². The highest BCUT2D eigenvalue weighted by atomic mass is 32.1. The lowest BCUT2D eigenvalue weighted by Gasteiger charge is -2.21. The molecule has 2 aromatic heterocycles. The zero-order chi connectivity index (χ0) is 27.0. The summed E-state index contributed by atoms with van der Waals surface area (Å²) in [7, 11) is 2.14. The average Bonchev–Trinajstić information content (AvgIpc) is 3.64. The van der Waals surface area contributed by atoms with E-state index in [9.17, 15) is 9.59 Å². The van der Waals surface area contributed by atoms with Crippen LogP contribution in [-0.4, -0.2) is 41.8 Å². The fraction of sp³-hybridized carbons (Fsp3) is 0.258. The van der Waals surface area contributed by atoms with Crippen LogP contribution < -0.4 is 15.4 Å². The smallest absolute Gasteiger partial charge is 0.240 e. The van der Waals surface area contributed by atoms with Crippen LogP contribution in [0, 0.1) is 12.3 Å². The summed E-state index contributed by atoms with van der Waals surface area (Å²) in [6.45, 7) is 3.96. The van der Waals surface area contributed by atoms with Crippen molar-refractivity contribution < 1.29 is 14.3 Å². The van der Waals surface area contributed by atoms with Crippen molar-refractivity contribution in [3.05, 3.63) is 83.4 Å². The van der Waals surface area contributed by atoms with Crippen molar-refractivity contribution in [2.75, 3.05) is 30.8 Å². The van der Waals surface area contributed by atoms with Gasteiger partial charge in [-0.1, -0.05) is 24.3 Å². The molecule has 6 rings (SSSR count). The second kappa shape index (κ2) is 10.3. The second-order valence-electron chi connectivity index (χ2n) is 10.3. The van der Waals surface area contributed by atoms with E-state index >= 15 is 0 Å². The van der Waals surface area contributed by atoms with Gasteiger partial charge in [0.05, 0.1) is 10.2 Å². The Labute approximate surface area is 231 Å². The number of rotatable bonds is 7. The third-order valence-electron chi connectivity index (χ3n) is 7.41. The summed E-state index contributed by atoms with van der Waals surface area (Å²) in [5.74, 6) is 0.918. The van der Waals surface area contributed by atoms with Crippen LogP contribution in [0.2, 0.25) is 0 Å². The minimum Gasteiger partial charge on any atom is -0.455 e. The number of aryl methyl sites for hydroxylation is 1. The number of ether oxygens (including phenoxy) is 1. The first-order valence-electron chi connectivity index (χ1n) is 13.1. The Kier molecular flexibility index (Phi) is 6.66.